The second-order valence-electron chi connectivity index (χ2n) is 2.62. The molecule has 0 radical (unpaired) electrons. The van der Waals surface area contributed by atoms with Crippen LogP contribution >= 0.6 is 0 Å². The molecule has 72 valence electrons. The molecule has 0 aromatic heterocycles. The second kappa shape index (κ2) is 6.91. The van der Waals surface area contributed by atoms with Crippen LogP contribution in [0.3, 0.4) is 0 Å². The summed E-state index contributed by atoms with van der Waals surface area (Å²) in [5.41, 5.74) is 5.62. The van der Waals surface area contributed by atoms with Crippen LogP contribution in [0.1, 0.15) is 26.7 Å². The maximum absolute atomic E-state index is 10.7. The normalized spacial score (nSPS) is 12.2. The first-order valence-electron chi connectivity index (χ1n) is 4.36. The van der Waals surface area contributed by atoms with E-state index in [0.717, 1.165) is 12.8 Å². The summed E-state index contributed by atoms with van der Waals surface area (Å²) in [4.78, 5) is 10.7. The summed E-state index contributed by atoms with van der Waals surface area (Å²) < 4.78 is 4.82. The molecule has 0 aliphatic rings. The van der Waals surface area contributed by atoms with Crippen molar-refractivity contribution >= 4 is 6.09 Å². The lowest BCUT2D eigenvalue weighted by atomic mass is 10.2. The van der Waals surface area contributed by atoms with Crippen LogP contribution in [0.5, 0.6) is 0 Å². The molecule has 0 saturated heterocycles. The number of ether oxygens (including phenoxy) is 1. The lowest BCUT2D eigenvalue weighted by molar-refractivity contribution is 0.143. The molecule has 0 spiro atoms. The van der Waals surface area contributed by atoms with Gasteiger partial charge in [-0.1, -0.05) is 6.92 Å². The Bertz CT molecular complexity index is 128. The molecule has 0 aliphatic heterocycles. The maximum atomic E-state index is 10.7. The van der Waals surface area contributed by atoms with Crippen LogP contribution in [0, 0.1) is 0 Å². The van der Waals surface area contributed by atoms with Gasteiger partial charge in [0, 0.05) is 12.6 Å². The Hall–Kier alpha value is -0.770. The number of alkyl carbamates (subject to hydrolysis) is 1. The summed E-state index contributed by atoms with van der Waals surface area (Å²) in [6, 6.07) is 0.138. The number of nitrogens with two attached hydrogens (primary N) is 1. The zero-order valence-corrected chi connectivity index (χ0v) is 7.80. The largest absolute Gasteiger partial charge is 0.450 e. The summed E-state index contributed by atoms with van der Waals surface area (Å²) in [5.74, 6) is 0. The third kappa shape index (κ3) is 5.97. The minimum atomic E-state index is -0.360. The van der Waals surface area contributed by atoms with Gasteiger partial charge in [-0.2, -0.15) is 0 Å². The molecule has 0 heterocycles. The van der Waals surface area contributed by atoms with E-state index in [9.17, 15) is 4.79 Å². The lowest BCUT2D eigenvalue weighted by Gasteiger charge is -2.08. The van der Waals surface area contributed by atoms with Crippen molar-refractivity contribution < 1.29 is 9.53 Å². The minimum absolute atomic E-state index is 0.138. The van der Waals surface area contributed by atoms with Crippen molar-refractivity contribution in [3.63, 3.8) is 0 Å². The number of carbonyl (C=O) groups excluding carboxylic acids is 1. The van der Waals surface area contributed by atoms with Gasteiger partial charge in [-0.05, 0) is 19.8 Å². The SMILES string of the molecule is CCNC(=O)OCCC(N)CC. The second-order valence-corrected chi connectivity index (χ2v) is 2.62. The van der Waals surface area contributed by atoms with Gasteiger partial charge in [0.05, 0.1) is 6.61 Å². The number of hydrogen-bond acceptors (Lipinski definition) is 3. The van der Waals surface area contributed by atoms with E-state index in [2.05, 4.69) is 5.32 Å². The molecule has 4 heteroatoms. The average Bonchev–Trinajstić information content (AvgIpc) is 2.04. The highest BCUT2D eigenvalue weighted by molar-refractivity contribution is 5.66. The standard InChI is InChI=1S/C8H18N2O2/c1-3-7(9)5-6-12-8(11)10-4-2/h7H,3-6,9H2,1-2H3,(H,10,11). The van der Waals surface area contributed by atoms with Crippen molar-refractivity contribution in [3.8, 4) is 0 Å². The quantitative estimate of drug-likeness (QED) is 0.649. The number of hydrogen-bond donors (Lipinski definition) is 2. The molecule has 12 heavy (non-hydrogen) atoms. The van der Waals surface area contributed by atoms with Crippen molar-refractivity contribution in [1.82, 2.24) is 5.32 Å². The van der Waals surface area contributed by atoms with Crippen LogP contribution in [0.2, 0.25) is 0 Å². The summed E-state index contributed by atoms with van der Waals surface area (Å²) in [6.07, 6.45) is 1.28. The van der Waals surface area contributed by atoms with Crippen molar-refractivity contribution in [2.75, 3.05) is 13.2 Å². The Morgan fingerprint density at radius 2 is 2.25 bits per heavy atom. The van der Waals surface area contributed by atoms with Crippen molar-refractivity contribution in [2.24, 2.45) is 5.73 Å². The van der Waals surface area contributed by atoms with E-state index in [1.54, 1.807) is 0 Å². The molecule has 0 aromatic carbocycles. The van der Waals surface area contributed by atoms with Gasteiger partial charge in [-0.3, -0.25) is 0 Å². The first-order valence-corrected chi connectivity index (χ1v) is 4.36. The summed E-state index contributed by atoms with van der Waals surface area (Å²) in [5, 5.41) is 2.54. The molecule has 0 bridgehead atoms. The molecule has 0 fully saturated rings. The molecule has 4 nitrogen and oxygen atoms in total. The lowest BCUT2D eigenvalue weighted by Crippen LogP contribution is -2.27. The molecular formula is C8H18N2O2. The average molecular weight is 174 g/mol. The van der Waals surface area contributed by atoms with E-state index in [4.69, 9.17) is 10.5 Å². The van der Waals surface area contributed by atoms with Gasteiger partial charge in [0.25, 0.3) is 0 Å². The van der Waals surface area contributed by atoms with Crippen LogP contribution in [-0.2, 0) is 4.74 Å². The first-order chi connectivity index (χ1) is 5.70. The highest BCUT2D eigenvalue weighted by atomic mass is 16.5. The monoisotopic (exact) mass is 174 g/mol. The third-order valence-corrected chi connectivity index (χ3v) is 1.57. The van der Waals surface area contributed by atoms with E-state index >= 15 is 0 Å². The Morgan fingerprint density at radius 3 is 2.75 bits per heavy atom. The highest BCUT2D eigenvalue weighted by Crippen LogP contribution is 1.93. The van der Waals surface area contributed by atoms with Crippen LogP contribution < -0.4 is 11.1 Å². The van der Waals surface area contributed by atoms with Crippen LogP contribution in [0.25, 0.3) is 0 Å². The van der Waals surface area contributed by atoms with Gasteiger partial charge in [-0.25, -0.2) is 4.79 Å². The zero-order chi connectivity index (χ0) is 9.40. The molecule has 0 aliphatic carbocycles. The first kappa shape index (κ1) is 11.2. The predicted molar refractivity (Wildman–Crippen MR) is 47.9 cm³/mol. The number of nitrogens with one attached hydrogen (secondary N) is 1. The van der Waals surface area contributed by atoms with Crippen molar-refractivity contribution in [3.05, 3.63) is 0 Å². The van der Waals surface area contributed by atoms with Crippen LogP contribution in [0.15, 0.2) is 0 Å². The van der Waals surface area contributed by atoms with E-state index in [1.807, 2.05) is 13.8 Å². The van der Waals surface area contributed by atoms with Gasteiger partial charge in [-0.15, -0.1) is 0 Å². The zero-order valence-electron chi connectivity index (χ0n) is 7.80. The molecule has 1 unspecified atom stereocenters. The minimum Gasteiger partial charge on any atom is -0.450 e. The topological polar surface area (TPSA) is 64.3 Å². The van der Waals surface area contributed by atoms with Gasteiger partial charge in [0.2, 0.25) is 0 Å². The maximum Gasteiger partial charge on any atom is 0.407 e. The van der Waals surface area contributed by atoms with Gasteiger partial charge in [0.1, 0.15) is 0 Å². The fourth-order valence-corrected chi connectivity index (χ4v) is 0.702. The van der Waals surface area contributed by atoms with E-state index in [0.29, 0.717) is 13.2 Å². The van der Waals surface area contributed by atoms with Crippen molar-refractivity contribution in [2.45, 2.75) is 32.7 Å². The molecule has 1 atom stereocenters. The molecular weight excluding hydrogens is 156 g/mol. The van der Waals surface area contributed by atoms with Gasteiger partial charge in [0.15, 0.2) is 0 Å². The number of amides is 1. The van der Waals surface area contributed by atoms with E-state index in [-0.39, 0.29) is 12.1 Å². The van der Waals surface area contributed by atoms with Crippen LogP contribution in [0.4, 0.5) is 4.79 Å². The molecule has 0 rings (SSSR count). The summed E-state index contributed by atoms with van der Waals surface area (Å²) in [6.45, 7) is 4.86. The number of rotatable bonds is 5. The predicted octanol–water partition coefficient (Wildman–Crippen LogP) is 0.860. The molecule has 3 N–H and O–H groups in total. The van der Waals surface area contributed by atoms with Crippen LogP contribution in [-0.4, -0.2) is 25.3 Å². The third-order valence-electron chi connectivity index (χ3n) is 1.57. The molecule has 0 saturated carbocycles. The van der Waals surface area contributed by atoms with Crippen molar-refractivity contribution in [1.29, 1.82) is 0 Å². The Kier molecular flexibility index (Phi) is 6.47. The van der Waals surface area contributed by atoms with E-state index in [1.165, 1.54) is 0 Å². The Labute approximate surface area is 73.5 Å². The Morgan fingerprint density at radius 1 is 1.58 bits per heavy atom. The smallest absolute Gasteiger partial charge is 0.407 e. The van der Waals surface area contributed by atoms with Gasteiger partial charge >= 0.3 is 6.09 Å². The van der Waals surface area contributed by atoms with Gasteiger partial charge < -0.3 is 15.8 Å². The summed E-state index contributed by atoms with van der Waals surface area (Å²) in [7, 11) is 0. The molecule has 0 aromatic rings. The summed E-state index contributed by atoms with van der Waals surface area (Å²) >= 11 is 0. The fourth-order valence-electron chi connectivity index (χ4n) is 0.702. The number of carbonyl (C=O) groups is 1. The molecule has 1 amide bonds. The van der Waals surface area contributed by atoms with E-state index < -0.39 is 0 Å². The fraction of sp³-hybridized carbons (Fsp3) is 0.875. The highest BCUT2D eigenvalue weighted by Gasteiger charge is 2.02. The Balaban J connectivity index is 3.24.